The van der Waals surface area contributed by atoms with Gasteiger partial charge in [-0.05, 0) is 74.7 Å². The molecule has 0 aromatic carbocycles. The summed E-state index contributed by atoms with van der Waals surface area (Å²) in [5.41, 5.74) is -0.386. The molecule has 0 spiro atoms. The highest BCUT2D eigenvalue weighted by Crippen LogP contribution is 2.65. The third kappa shape index (κ3) is 3.50. The molecule has 1 unspecified atom stereocenters. The van der Waals surface area contributed by atoms with Gasteiger partial charge in [-0.25, -0.2) is 0 Å². The van der Waals surface area contributed by atoms with Gasteiger partial charge < -0.3 is 10.6 Å². The number of hydrogen-bond acceptors (Lipinski definition) is 3. The maximum Gasteiger partial charge on any atom is 0.452 e. The van der Waals surface area contributed by atoms with Crippen LogP contribution in [-0.2, 0) is 14.4 Å². The van der Waals surface area contributed by atoms with E-state index in [1.54, 1.807) is 6.08 Å². The summed E-state index contributed by atoms with van der Waals surface area (Å²) in [6.45, 7) is 5.43. The molecule has 4 aliphatic rings. The predicted octanol–water partition coefficient (Wildman–Crippen LogP) is 3.54. The molecule has 8 heteroatoms. The summed E-state index contributed by atoms with van der Waals surface area (Å²) < 4.78 is 38.2. The maximum atomic E-state index is 12.9. The van der Waals surface area contributed by atoms with E-state index in [2.05, 4.69) is 30.6 Å². The lowest BCUT2D eigenvalue weighted by atomic mass is 9.48. The average Bonchev–Trinajstić information content (AvgIpc) is 3.04. The Kier molecular flexibility index (Phi) is 5.29. The molecule has 5 nitrogen and oxygen atoms in total. The first-order chi connectivity index (χ1) is 14.4. The summed E-state index contributed by atoms with van der Waals surface area (Å²) in [5, 5.41) is 5.47. The summed E-state index contributed by atoms with van der Waals surface area (Å²) >= 11 is 0. The number of amides is 2. The molecule has 0 saturated heterocycles. The lowest BCUT2D eigenvalue weighted by Gasteiger charge is -2.58. The summed E-state index contributed by atoms with van der Waals surface area (Å²) in [6.07, 6.45) is 3.88. The van der Waals surface area contributed by atoms with Crippen LogP contribution in [0.3, 0.4) is 0 Å². The van der Waals surface area contributed by atoms with Gasteiger partial charge in [0.25, 0.3) is 5.78 Å². The first kappa shape index (κ1) is 22.3. The van der Waals surface area contributed by atoms with Crippen molar-refractivity contribution in [1.82, 2.24) is 10.6 Å². The zero-order chi connectivity index (χ0) is 22.8. The number of nitrogens with one attached hydrogen (secondary N) is 2. The van der Waals surface area contributed by atoms with E-state index in [9.17, 15) is 27.6 Å². The van der Waals surface area contributed by atoms with Crippen molar-refractivity contribution in [2.75, 3.05) is 0 Å². The fraction of sp³-hybridized carbons (Fsp3) is 0.783. The molecular formula is C23H31F3N2O3. The van der Waals surface area contributed by atoms with Crippen molar-refractivity contribution < 1.29 is 27.6 Å². The number of carbonyl (C=O) groups is 3. The molecule has 4 rings (SSSR count). The number of halogens is 3. The second-order valence-corrected chi connectivity index (χ2v) is 10.5. The van der Waals surface area contributed by atoms with Crippen LogP contribution in [-0.4, -0.2) is 35.9 Å². The predicted molar refractivity (Wildman–Crippen MR) is 108 cm³/mol. The van der Waals surface area contributed by atoms with Gasteiger partial charge >= 0.3 is 6.18 Å². The van der Waals surface area contributed by atoms with Gasteiger partial charge in [0.05, 0.1) is 6.04 Å². The zero-order valence-electron chi connectivity index (χ0n) is 18.2. The van der Waals surface area contributed by atoms with E-state index >= 15 is 0 Å². The van der Waals surface area contributed by atoms with Gasteiger partial charge in [0, 0.05) is 17.4 Å². The molecule has 0 radical (unpaired) electrons. The van der Waals surface area contributed by atoms with Crippen LogP contribution in [0.2, 0.25) is 0 Å². The molecule has 172 valence electrons. The molecule has 0 bridgehead atoms. The van der Waals surface area contributed by atoms with Crippen LogP contribution in [0.15, 0.2) is 12.2 Å². The van der Waals surface area contributed by atoms with Gasteiger partial charge in [0.15, 0.2) is 0 Å². The van der Waals surface area contributed by atoms with Crippen LogP contribution in [0.5, 0.6) is 0 Å². The summed E-state index contributed by atoms with van der Waals surface area (Å²) in [7, 11) is 0. The Morgan fingerprint density at radius 3 is 2.52 bits per heavy atom. The van der Waals surface area contributed by atoms with Crippen LogP contribution >= 0.6 is 0 Å². The molecule has 0 aromatic rings. The molecule has 8 atom stereocenters. The first-order valence-electron chi connectivity index (χ1n) is 11.3. The second-order valence-electron chi connectivity index (χ2n) is 10.5. The fourth-order valence-electron chi connectivity index (χ4n) is 7.39. The Morgan fingerprint density at radius 2 is 1.84 bits per heavy atom. The van der Waals surface area contributed by atoms with E-state index in [0.29, 0.717) is 24.2 Å². The van der Waals surface area contributed by atoms with Crippen LogP contribution < -0.4 is 10.6 Å². The number of alkyl halides is 3. The monoisotopic (exact) mass is 440 g/mol. The van der Waals surface area contributed by atoms with E-state index in [1.165, 1.54) is 0 Å². The van der Waals surface area contributed by atoms with Crippen molar-refractivity contribution in [3.05, 3.63) is 12.2 Å². The van der Waals surface area contributed by atoms with E-state index in [0.717, 1.165) is 39.0 Å². The Balaban J connectivity index is 1.51. The first-order valence-corrected chi connectivity index (χ1v) is 11.3. The number of fused-ring (bicyclic) bond motifs is 5. The van der Waals surface area contributed by atoms with Crippen molar-refractivity contribution in [2.45, 2.75) is 77.6 Å². The molecule has 3 saturated carbocycles. The number of carbonyl (C=O) groups excluding carboxylic acids is 3. The molecule has 2 amide bonds. The van der Waals surface area contributed by atoms with Gasteiger partial charge in [0.1, 0.15) is 0 Å². The Bertz CT molecular complexity index is 825. The molecule has 1 heterocycles. The largest absolute Gasteiger partial charge is 0.452 e. The van der Waals surface area contributed by atoms with Crippen molar-refractivity contribution in [2.24, 2.45) is 34.5 Å². The number of ketones is 1. The van der Waals surface area contributed by atoms with Gasteiger partial charge in [-0.3, -0.25) is 14.4 Å². The summed E-state index contributed by atoms with van der Waals surface area (Å²) in [5.74, 6) is -1.62. The zero-order valence-corrected chi connectivity index (χ0v) is 18.2. The number of Topliss-reactive ketones (excluding diaryl/α,β-unsaturated/α-hetero) is 1. The van der Waals surface area contributed by atoms with E-state index in [1.807, 2.05) is 0 Å². The smallest absolute Gasteiger partial charge is 0.349 e. The quantitative estimate of drug-likeness (QED) is 0.705. The van der Waals surface area contributed by atoms with E-state index < -0.39 is 23.9 Å². The standard InChI is InChI=1S/C23H31F3N2O3/c1-12(19(30)23(24,25)26)27-20(31)16-6-5-14-13-4-7-17-22(3,11-9-18(29)28-17)15(13)8-10-21(14,16)2/h9,11-17H,4-8,10H2,1-3H3,(H,27,31)(H,28,29)/t12?,13-,14-,15-,16+,17+,21-,22+/m0/s1. The molecular weight excluding hydrogens is 409 g/mol. The molecule has 2 N–H and O–H groups in total. The van der Waals surface area contributed by atoms with Crippen molar-refractivity contribution >= 4 is 17.6 Å². The molecule has 1 aliphatic heterocycles. The Hall–Kier alpha value is -1.86. The lowest BCUT2D eigenvalue weighted by Crippen LogP contribution is -2.59. The molecule has 31 heavy (non-hydrogen) atoms. The minimum Gasteiger partial charge on any atom is -0.349 e. The number of rotatable bonds is 3. The summed E-state index contributed by atoms with van der Waals surface area (Å²) in [4.78, 5) is 36.3. The highest BCUT2D eigenvalue weighted by atomic mass is 19.4. The normalized spacial score (nSPS) is 42.6. The Labute approximate surface area is 180 Å². The van der Waals surface area contributed by atoms with Crippen molar-refractivity contribution in [1.29, 1.82) is 0 Å². The highest BCUT2D eigenvalue weighted by Gasteiger charge is 2.61. The minimum atomic E-state index is -4.95. The third-order valence-electron chi connectivity index (χ3n) is 9.03. The van der Waals surface area contributed by atoms with Gasteiger partial charge in [-0.2, -0.15) is 13.2 Å². The second kappa shape index (κ2) is 7.34. The lowest BCUT2D eigenvalue weighted by molar-refractivity contribution is -0.173. The minimum absolute atomic E-state index is 0.0401. The van der Waals surface area contributed by atoms with Crippen molar-refractivity contribution in [3.8, 4) is 0 Å². The Morgan fingerprint density at radius 1 is 1.13 bits per heavy atom. The van der Waals surface area contributed by atoms with E-state index in [-0.39, 0.29) is 28.7 Å². The number of hydrogen-bond donors (Lipinski definition) is 2. The summed E-state index contributed by atoms with van der Waals surface area (Å²) in [6, 6.07) is -1.44. The topological polar surface area (TPSA) is 75.3 Å². The van der Waals surface area contributed by atoms with E-state index in [4.69, 9.17) is 0 Å². The maximum absolute atomic E-state index is 12.9. The van der Waals surface area contributed by atoms with Crippen LogP contribution in [0.4, 0.5) is 13.2 Å². The van der Waals surface area contributed by atoms with Gasteiger partial charge in [-0.1, -0.05) is 19.9 Å². The van der Waals surface area contributed by atoms with Gasteiger partial charge in [-0.15, -0.1) is 0 Å². The SMILES string of the molecule is CC(NC(=O)[C@H]1CC[C@H]2[C@@H]3CC[C@H]4NC(=O)C=C[C@]4(C)[C@H]3CC[C@]12C)C(=O)C(F)(F)F. The van der Waals surface area contributed by atoms with Crippen molar-refractivity contribution in [3.63, 3.8) is 0 Å². The third-order valence-corrected chi connectivity index (χ3v) is 9.03. The average molecular weight is 441 g/mol. The van der Waals surface area contributed by atoms with Crippen LogP contribution in [0.25, 0.3) is 0 Å². The van der Waals surface area contributed by atoms with Crippen LogP contribution in [0, 0.1) is 34.5 Å². The van der Waals surface area contributed by atoms with Gasteiger partial charge in [0.2, 0.25) is 11.8 Å². The molecule has 3 aliphatic carbocycles. The fourth-order valence-corrected chi connectivity index (χ4v) is 7.39. The molecule has 3 fully saturated rings. The van der Waals surface area contributed by atoms with Crippen LogP contribution in [0.1, 0.15) is 59.3 Å². The molecule has 0 aromatic heterocycles. The highest BCUT2D eigenvalue weighted by molar-refractivity contribution is 5.93.